The van der Waals surface area contributed by atoms with Gasteiger partial charge in [-0.25, -0.2) is 4.79 Å². The Hall–Kier alpha value is -3.33. The molecule has 0 spiro atoms. The van der Waals surface area contributed by atoms with E-state index in [0.717, 1.165) is 11.3 Å². The molecule has 2 aromatic carbocycles. The van der Waals surface area contributed by atoms with Gasteiger partial charge in [0.1, 0.15) is 0 Å². The summed E-state index contributed by atoms with van der Waals surface area (Å²) in [5.41, 5.74) is 2.33. The van der Waals surface area contributed by atoms with Gasteiger partial charge in [-0.1, -0.05) is 30.3 Å². The predicted molar refractivity (Wildman–Crippen MR) is 107 cm³/mol. The molecule has 144 valence electrons. The Morgan fingerprint density at radius 2 is 1.71 bits per heavy atom. The number of piperidine rings is 1. The molecule has 2 aromatic rings. The summed E-state index contributed by atoms with van der Waals surface area (Å²) in [5, 5.41) is 14.8. The summed E-state index contributed by atoms with van der Waals surface area (Å²) in [6.07, 6.45) is 1.29. The van der Waals surface area contributed by atoms with E-state index in [1.165, 1.54) is 0 Å². The number of benzene rings is 2. The number of hydrogen-bond acceptors (Lipinski definition) is 3. The fourth-order valence-electron chi connectivity index (χ4n) is 3.33. The third kappa shape index (κ3) is 4.89. The summed E-state index contributed by atoms with van der Waals surface area (Å²) in [5.74, 6) is -0.0819. The smallest absolute Gasteiger partial charge is 0.321 e. The lowest BCUT2D eigenvalue weighted by Gasteiger charge is -2.32. The van der Waals surface area contributed by atoms with Crippen LogP contribution in [0.2, 0.25) is 0 Å². The third-order valence-corrected chi connectivity index (χ3v) is 5.08. The van der Waals surface area contributed by atoms with Crippen molar-refractivity contribution in [1.29, 1.82) is 5.26 Å². The van der Waals surface area contributed by atoms with Gasteiger partial charge >= 0.3 is 6.03 Å². The highest BCUT2D eigenvalue weighted by atomic mass is 16.2. The first kappa shape index (κ1) is 19.4. The average Bonchev–Trinajstić information content (AvgIpc) is 2.74. The number of hydrogen-bond donors (Lipinski definition) is 2. The summed E-state index contributed by atoms with van der Waals surface area (Å²) in [4.78, 5) is 26.7. The molecular formula is C22H24N4O2. The number of nitriles is 1. The Morgan fingerprint density at radius 1 is 1.07 bits per heavy atom. The lowest BCUT2D eigenvalue weighted by atomic mass is 9.95. The molecule has 3 rings (SSSR count). The van der Waals surface area contributed by atoms with Crippen LogP contribution in [0.1, 0.15) is 36.9 Å². The van der Waals surface area contributed by atoms with Crippen molar-refractivity contribution in [1.82, 2.24) is 10.2 Å². The lowest BCUT2D eigenvalue weighted by molar-refractivity contribution is -0.126. The molecule has 1 saturated heterocycles. The third-order valence-electron chi connectivity index (χ3n) is 5.08. The molecule has 1 atom stereocenters. The molecule has 6 nitrogen and oxygen atoms in total. The van der Waals surface area contributed by atoms with Gasteiger partial charge in [0.2, 0.25) is 5.91 Å². The molecule has 2 N–H and O–H groups in total. The second kappa shape index (κ2) is 9.05. The first-order chi connectivity index (χ1) is 13.6. The highest BCUT2D eigenvalue weighted by molar-refractivity contribution is 5.89. The topological polar surface area (TPSA) is 85.2 Å². The molecular weight excluding hydrogens is 352 g/mol. The average molecular weight is 376 g/mol. The van der Waals surface area contributed by atoms with Crippen LogP contribution in [-0.2, 0) is 4.79 Å². The van der Waals surface area contributed by atoms with Crippen LogP contribution in [0.25, 0.3) is 0 Å². The van der Waals surface area contributed by atoms with Crippen LogP contribution < -0.4 is 10.6 Å². The number of carbonyl (C=O) groups is 2. The van der Waals surface area contributed by atoms with Crippen molar-refractivity contribution >= 4 is 17.6 Å². The molecule has 0 aliphatic carbocycles. The summed E-state index contributed by atoms with van der Waals surface area (Å²) in [7, 11) is 0. The van der Waals surface area contributed by atoms with Crippen molar-refractivity contribution in [2.75, 3.05) is 18.4 Å². The zero-order valence-corrected chi connectivity index (χ0v) is 15.9. The van der Waals surface area contributed by atoms with Crippen LogP contribution in [0.5, 0.6) is 0 Å². The molecule has 0 aromatic heterocycles. The van der Waals surface area contributed by atoms with E-state index in [2.05, 4.69) is 16.7 Å². The Kier molecular flexibility index (Phi) is 6.28. The normalized spacial score (nSPS) is 15.4. The van der Waals surface area contributed by atoms with Crippen molar-refractivity contribution in [3.8, 4) is 6.07 Å². The minimum atomic E-state index is -0.129. The maximum Gasteiger partial charge on any atom is 0.321 e. The van der Waals surface area contributed by atoms with Gasteiger partial charge in [0, 0.05) is 24.7 Å². The largest absolute Gasteiger partial charge is 0.349 e. The molecule has 28 heavy (non-hydrogen) atoms. The number of nitrogens with zero attached hydrogens (tertiary/aromatic N) is 2. The Bertz CT molecular complexity index is 850. The Balaban J connectivity index is 1.48. The predicted octanol–water partition coefficient (Wildman–Crippen LogP) is 3.68. The number of rotatable bonds is 4. The molecule has 1 aliphatic heterocycles. The van der Waals surface area contributed by atoms with E-state index in [-0.39, 0.29) is 23.9 Å². The van der Waals surface area contributed by atoms with Gasteiger partial charge < -0.3 is 15.5 Å². The SMILES string of the molecule is CC(NC(=O)C1CCN(C(=O)Nc2ccccc2)CC1)c1ccc(C#N)cc1. The standard InChI is InChI=1S/C22H24N4O2/c1-16(18-9-7-17(15-23)8-10-18)24-21(27)19-11-13-26(14-12-19)22(28)25-20-5-3-2-4-6-20/h2-10,16,19H,11-14H2,1H3,(H,24,27)(H,25,28). The summed E-state index contributed by atoms with van der Waals surface area (Å²) < 4.78 is 0. The molecule has 3 amide bonds. The zero-order chi connectivity index (χ0) is 19.9. The Morgan fingerprint density at radius 3 is 2.32 bits per heavy atom. The molecule has 1 fully saturated rings. The van der Waals surface area contributed by atoms with Crippen LogP contribution in [0.15, 0.2) is 54.6 Å². The molecule has 0 radical (unpaired) electrons. The van der Waals surface area contributed by atoms with Gasteiger partial charge in [-0.3, -0.25) is 4.79 Å². The fraction of sp³-hybridized carbons (Fsp3) is 0.318. The molecule has 1 aliphatic rings. The molecule has 6 heteroatoms. The number of likely N-dealkylation sites (tertiary alicyclic amines) is 1. The van der Waals surface area contributed by atoms with Gasteiger partial charge in [0.25, 0.3) is 0 Å². The van der Waals surface area contributed by atoms with E-state index in [1.54, 1.807) is 17.0 Å². The fourth-order valence-corrected chi connectivity index (χ4v) is 3.33. The quantitative estimate of drug-likeness (QED) is 0.853. The Labute approximate surface area is 165 Å². The van der Waals surface area contributed by atoms with Crippen molar-refractivity contribution in [2.45, 2.75) is 25.8 Å². The van der Waals surface area contributed by atoms with Crippen LogP contribution in [0, 0.1) is 17.2 Å². The van der Waals surface area contributed by atoms with Gasteiger partial charge in [-0.05, 0) is 49.6 Å². The molecule has 0 saturated carbocycles. The summed E-state index contributed by atoms with van der Waals surface area (Å²) in [6.45, 7) is 3.05. The lowest BCUT2D eigenvalue weighted by Crippen LogP contribution is -2.44. The molecule has 0 bridgehead atoms. The van der Waals surface area contributed by atoms with Gasteiger partial charge in [0.05, 0.1) is 17.7 Å². The van der Waals surface area contributed by atoms with Crippen molar-refractivity contribution in [2.24, 2.45) is 5.92 Å². The van der Waals surface area contributed by atoms with Crippen molar-refractivity contribution in [3.63, 3.8) is 0 Å². The number of para-hydroxylation sites is 1. The van der Waals surface area contributed by atoms with Crippen molar-refractivity contribution in [3.05, 3.63) is 65.7 Å². The van der Waals surface area contributed by atoms with E-state index in [0.29, 0.717) is 31.5 Å². The maximum absolute atomic E-state index is 12.6. The van der Waals surface area contributed by atoms with E-state index in [4.69, 9.17) is 5.26 Å². The van der Waals surface area contributed by atoms with Gasteiger partial charge in [0.15, 0.2) is 0 Å². The van der Waals surface area contributed by atoms with E-state index in [1.807, 2.05) is 49.4 Å². The first-order valence-corrected chi connectivity index (χ1v) is 9.48. The van der Waals surface area contributed by atoms with Crippen LogP contribution in [0.4, 0.5) is 10.5 Å². The molecule has 1 unspecified atom stereocenters. The minimum absolute atomic E-state index is 0.0139. The minimum Gasteiger partial charge on any atom is -0.349 e. The second-order valence-corrected chi connectivity index (χ2v) is 7.02. The van der Waals surface area contributed by atoms with Crippen LogP contribution in [0.3, 0.4) is 0 Å². The zero-order valence-electron chi connectivity index (χ0n) is 15.9. The first-order valence-electron chi connectivity index (χ1n) is 9.48. The number of carbonyl (C=O) groups excluding carboxylic acids is 2. The van der Waals surface area contributed by atoms with E-state index in [9.17, 15) is 9.59 Å². The summed E-state index contributed by atoms with van der Waals surface area (Å²) >= 11 is 0. The highest BCUT2D eigenvalue weighted by Gasteiger charge is 2.28. The van der Waals surface area contributed by atoms with E-state index < -0.39 is 0 Å². The molecule has 1 heterocycles. The van der Waals surface area contributed by atoms with Crippen LogP contribution >= 0.6 is 0 Å². The van der Waals surface area contributed by atoms with Gasteiger partial charge in [-0.15, -0.1) is 0 Å². The summed E-state index contributed by atoms with van der Waals surface area (Å²) in [6, 6.07) is 18.4. The van der Waals surface area contributed by atoms with Gasteiger partial charge in [-0.2, -0.15) is 5.26 Å². The maximum atomic E-state index is 12.6. The van der Waals surface area contributed by atoms with E-state index >= 15 is 0 Å². The highest BCUT2D eigenvalue weighted by Crippen LogP contribution is 2.21. The second-order valence-electron chi connectivity index (χ2n) is 7.02. The van der Waals surface area contributed by atoms with Crippen molar-refractivity contribution < 1.29 is 9.59 Å². The monoisotopic (exact) mass is 376 g/mol. The number of anilines is 1. The number of urea groups is 1. The van der Waals surface area contributed by atoms with Crippen LogP contribution in [-0.4, -0.2) is 29.9 Å². The number of amides is 3. The number of nitrogens with one attached hydrogen (secondary N) is 2.